The number of benzene rings is 2. The van der Waals surface area contributed by atoms with Crippen molar-refractivity contribution >= 4 is 33.6 Å². The summed E-state index contributed by atoms with van der Waals surface area (Å²) in [6, 6.07) is 21.6. The molecular weight excluding hydrogens is 773 g/mol. The molecule has 8 rings (SSSR count). The molecule has 62 heavy (non-hydrogen) atoms. The summed E-state index contributed by atoms with van der Waals surface area (Å²) >= 11 is 0. The highest BCUT2D eigenvalue weighted by atomic mass is 16.2. The quantitative estimate of drug-likeness (QED) is 0.204. The summed E-state index contributed by atoms with van der Waals surface area (Å²) in [4.78, 5) is 48.6. The molecule has 4 aliphatic heterocycles. The van der Waals surface area contributed by atoms with Crippen molar-refractivity contribution in [1.29, 1.82) is 10.5 Å². The van der Waals surface area contributed by atoms with Crippen LogP contribution in [0.5, 0.6) is 0 Å². The van der Waals surface area contributed by atoms with E-state index in [-0.39, 0.29) is 11.8 Å². The van der Waals surface area contributed by atoms with Gasteiger partial charge in [-0.05, 0) is 99.6 Å². The number of piperazine rings is 2. The molecule has 0 unspecified atom stereocenters. The number of likely N-dealkylation sites (tertiary alicyclic amines) is 2. The van der Waals surface area contributed by atoms with E-state index in [0.717, 1.165) is 113 Å². The van der Waals surface area contributed by atoms with Gasteiger partial charge in [0.1, 0.15) is 12.1 Å². The monoisotopic (exact) mass is 839 g/mol. The third kappa shape index (κ3) is 10.6. The molecule has 12 nitrogen and oxygen atoms in total. The molecule has 4 saturated heterocycles. The molecule has 0 radical (unpaired) electrons. The van der Waals surface area contributed by atoms with Crippen LogP contribution in [0.2, 0.25) is 0 Å². The Bertz CT molecular complexity index is 2110. The van der Waals surface area contributed by atoms with E-state index < -0.39 is 0 Å². The predicted octanol–water partition coefficient (Wildman–Crippen LogP) is 6.17. The summed E-state index contributed by atoms with van der Waals surface area (Å²) in [6.45, 7) is 25.2. The van der Waals surface area contributed by atoms with Gasteiger partial charge in [-0.25, -0.2) is 0 Å². The van der Waals surface area contributed by atoms with E-state index in [4.69, 9.17) is 0 Å². The van der Waals surface area contributed by atoms with Crippen LogP contribution in [-0.4, -0.2) is 155 Å². The van der Waals surface area contributed by atoms with E-state index in [1.807, 2.05) is 34.1 Å². The standard InChI is InChI=1S/2C25H33N5O/c2*1-18(2)29-9-11-30(12-10-29)24(31)17-28-15-19(3)13-21(16-28)22-7-6-20(14-26)25-23(22)5-4-8-27-25/h2*4-8,18-19,21H,9-13,15-17H2,1-3H3/t19-,21+;19-,21-/m11/s1. The minimum Gasteiger partial charge on any atom is -0.339 e. The lowest BCUT2D eigenvalue weighted by atomic mass is 9.83. The molecule has 0 aliphatic carbocycles. The highest BCUT2D eigenvalue weighted by molar-refractivity contribution is 5.88. The molecule has 4 fully saturated rings. The van der Waals surface area contributed by atoms with Gasteiger partial charge in [0.05, 0.1) is 35.2 Å². The van der Waals surface area contributed by atoms with Gasteiger partial charge in [-0.15, -0.1) is 0 Å². The summed E-state index contributed by atoms with van der Waals surface area (Å²) in [5.74, 6) is 2.23. The lowest BCUT2D eigenvalue weighted by Crippen LogP contribution is -2.53. The number of pyridine rings is 2. The molecule has 0 saturated carbocycles. The fourth-order valence-corrected chi connectivity index (χ4v) is 10.5. The highest BCUT2D eigenvalue weighted by Gasteiger charge is 2.32. The fraction of sp³-hybridized carbons (Fsp3) is 0.560. The molecule has 0 bridgehead atoms. The minimum atomic E-state index is 0.252. The number of piperidine rings is 2. The van der Waals surface area contributed by atoms with Gasteiger partial charge in [-0.3, -0.25) is 39.2 Å². The van der Waals surface area contributed by atoms with Crippen molar-refractivity contribution in [1.82, 2.24) is 39.4 Å². The number of carbonyl (C=O) groups is 2. The second-order valence-corrected chi connectivity index (χ2v) is 18.9. The van der Waals surface area contributed by atoms with Crippen LogP contribution < -0.4 is 0 Å². The predicted molar refractivity (Wildman–Crippen MR) is 245 cm³/mol. The molecule has 4 aliphatic rings. The van der Waals surface area contributed by atoms with Gasteiger partial charge in [0.2, 0.25) is 11.8 Å². The zero-order chi connectivity index (χ0) is 43.9. The number of amides is 2. The van der Waals surface area contributed by atoms with E-state index in [0.29, 0.717) is 60.0 Å². The second kappa shape index (κ2) is 20.5. The van der Waals surface area contributed by atoms with Crippen molar-refractivity contribution < 1.29 is 9.59 Å². The normalized spacial score (nSPS) is 23.3. The molecule has 6 heterocycles. The van der Waals surface area contributed by atoms with E-state index in [9.17, 15) is 20.1 Å². The number of rotatable bonds is 8. The van der Waals surface area contributed by atoms with E-state index >= 15 is 0 Å². The molecule has 2 aromatic heterocycles. The van der Waals surface area contributed by atoms with Gasteiger partial charge in [-0.2, -0.15) is 10.5 Å². The lowest BCUT2D eigenvalue weighted by molar-refractivity contribution is -0.135. The van der Waals surface area contributed by atoms with Crippen molar-refractivity contribution in [3.63, 3.8) is 0 Å². The average molecular weight is 839 g/mol. The number of nitrogens with zero attached hydrogens (tertiary/aromatic N) is 10. The maximum atomic E-state index is 13.0. The van der Waals surface area contributed by atoms with Crippen molar-refractivity contribution in [2.75, 3.05) is 91.6 Å². The Morgan fingerprint density at radius 3 is 1.34 bits per heavy atom. The second-order valence-electron chi connectivity index (χ2n) is 18.9. The molecule has 328 valence electrons. The third-order valence-corrected chi connectivity index (χ3v) is 13.7. The van der Waals surface area contributed by atoms with Gasteiger partial charge in [0.15, 0.2) is 0 Å². The Labute approximate surface area is 369 Å². The van der Waals surface area contributed by atoms with Gasteiger partial charge in [-0.1, -0.05) is 38.1 Å². The topological polar surface area (TPSA) is 127 Å². The Kier molecular flexibility index (Phi) is 14.9. The summed E-state index contributed by atoms with van der Waals surface area (Å²) < 4.78 is 0. The number of hydrogen-bond donors (Lipinski definition) is 0. The minimum absolute atomic E-state index is 0.252. The summed E-state index contributed by atoms with van der Waals surface area (Å²) in [5.41, 5.74) is 5.30. The van der Waals surface area contributed by atoms with E-state index in [1.165, 1.54) is 11.1 Å². The zero-order valence-corrected chi connectivity index (χ0v) is 37.8. The molecule has 12 heteroatoms. The van der Waals surface area contributed by atoms with E-state index in [1.54, 1.807) is 12.4 Å². The van der Waals surface area contributed by atoms with Crippen molar-refractivity contribution in [3.05, 3.63) is 83.2 Å². The Hall–Kier alpha value is -4.98. The van der Waals surface area contributed by atoms with Gasteiger partial charge in [0, 0.05) is 114 Å². The number of carbonyl (C=O) groups excluding carboxylic acids is 2. The molecule has 0 N–H and O–H groups in total. The third-order valence-electron chi connectivity index (χ3n) is 13.7. The zero-order valence-electron chi connectivity index (χ0n) is 37.8. The van der Waals surface area contributed by atoms with Crippen molar-refractivity contribution in [2.45, 2.75) is 78.3 Å². The Morgan fingerprint density at radius 2 is 0.984 bits per heavy atom. The number of fused-ring (bicyclic) bond motifs is 2. The largest absolute Gasteiger partial charge is 0.339 e. The first kappa shape index (κ1) is 45.1. The van der Waals surface area contributed by atoms with Gasteiger partial charge in [0.25, 0.3) is 0 Å². The molecule has 0 spiro atoms. The number of aromatic nitrogens is 2. The smallest absolute Gasteiger partial charge is 0.236 e. The summed E-state index contributed by atoms with van der Waals surface area (Å²) in [7, 11) is 0. The average Bonchev–Trinajstić information content (AvgIpc) is 3.28. The van der Waals surface area contributed by atoms with Gasteiger partial charge >= 0.3 is 0 Å². The van der Waals surface area contributed by atoms with E-state index in [2.05, 4.69) is 108 Å². The van der Waals surface area contributed by atoms with Crippen LogP contribution in [-0.2, 0) is 9.59 Å². The molecule has 4 atom stereocenters. The Morgan fingerprint density at radius 1 is 0.597 bits per heavy atom. The van der Waals surface area contributed by atoms with Crippen molar-refractivity contribution in [3.8, 4) is 12.1 Å². The van der Waals surface area contributed by atoms with Crippen LogP contribution >= 0.6 is 0 Å². The maximum absolute atomic E-state index is 13.0. The SMILES string of the molecule is CC(C)N1CCN(C(=O)CN2C[C@H](C)C[C@@H](c3ccc(C#N)c4ncccc34)C2)CC1.CC(C)N1CCN(C(=O)CN2C[C@H](C)C[C@H](c3ccc(C#N)c4ncccc34)C2)CC1. The van der Waals surface area contributed by atoms with Crippen LogP contribution in [0, 0.1) is 34.5 Å². The number of hydrogen-bond acceptors (Lipinski definition) is 10. The number of nitriles is 2. The molecular formula is C50H66N10O2. The first-order valence-corrected chi connectivity index (χ1v) is 23.0. The Balaban J connectivity index is 0.000000186. The van der Waals surface area contributed by atoms with Crippen LogP contribution in [0.1, 0.15) is 88.5 Å². The first-order valence-electron chi connectivity index (χ1n) is 23.0. The molecule has 2 aromatic carbocycles. The van der Waals surface area contributed by atoms with Crippen LogP contribution in [0.3, 0.4) is 0 Å². The van der Waals surface area contributed by atoms with Gasteiger partial charge < -0.3 is 9.80 Å². The fourth-order valence-electron chi connectivity index (χ4n) is 10.5. The summed E-state index contributed by atoms with van der Waals surface area (Å²) in [6.07, 6.45) is 5.68. The summed E-state index contributed by atoms with van der Waals surface area (Å²) in [5, 5.41) is 21.0. The van der Waals surface area contributed by atoms with Crippen LogP contribution in [0.15, 0.2) is 60.9 Å². The van der Waals surface area contributed by atoms with Crippen LogP contribution in [0.25, 0.3) is 21.8 Å². The highest BCUT2D eigenvalue weighted by Crippen LogP contribution is 2.36. The molecule has 4 aromatic rings. The maximum Gasteiger partial charge on any atom is 0.236 e. The van der Waals surface area contributed by atoms with Crippen molar-refractivity contribution in [2.24, 2.45) is 11.8 Å². The first-order chi connectivity index (χ1) is 29.9. The lowest BCUT2D eigenvalue weighted by Gasteiger charge is -2.40. The molecule has 2 amide bonds. The van der Waals surface area contributed by atoms with Crippen LogP contribution in [0.4, 0.5) is 0 Å².